The number of hydrogen-bond donors (Lipinski definition) is 1. The van der Waals surface area contributed by atoms with Gasteiger partial charge < -0.3 is 9.88 Å². The molecule has 22 heavy (non-hydrogen) atoms. The van der Waals surface area contributed by atoms with Crippen molar-refractivity contribution in [2.24, 2.45) is 7.05 Å². The van der Waals surface area contributed by atoms with E-state index in [-0.39, 0.29) is 11.7 Å². The maximum atomic E-state index is 13.8. The number of amides is 1. The fourth-order valence-corrected chi connectivity index (χ4v) is 2.62. The summed E-state index contributed by atoms with van der Waals surface area (Å²) in [6.45, 7) is 2.46. The van der Waals surface area contributed by atoms with Crippen molar-refractivity contribution in [3.8, 4) is 0 Å². The van der Waals surface area contributed by atoms with Crippen LogP contribution in [0.2, 0.25) is 0 Å². The molecule has 4 heteroatoms. The van der Waals surface area contributed by atoms with E-state index in [0.717, 1.165) is 11.1 Å². The van der Waals surface area contributed by atoms with Gasteiger partial charge in [0.15, 0.2) is 0 Å². The van der Waals surface area contributed by atoms with Crippen molar-refractivity contribution in [1.82, 2.24) is 9.88 Å². The van der Waals surface area contributed by atoms with E-state index < -0.39 is 0 Å². The summed E-state index contributed by atoms with van der Waals surface area (Å²) < 4.78 is 15.5. The summed E-state index contributed by atoms with van der Waals surface area (Å²) in [5.41, 5.74) is 3.36. The Balaban J connectivity index is 1.85. The minimum atomic E-state index is -0.314. The minimum absolute atomic E-state index is 0.207. The molecule has 0 aliphatic rings. The summed E-state index contributed by atoms with van der Waals surface area (Å²) in [5.74, 6) is -0.521. The lowest BCUT2D eigenvalue weighted by Gasteiger charge is -2.08. The second-order valence-corrected chi connectivity index (χ2v) is 5.37. The molecule has 0 saturated heterocycles. The molecule has 3 aromatic rings. The SMILES string of the molecule is Cc1ccccc1CNC(=O)c1cc2c(F)cccc2n1C. The topological polar surface area (TPSA) is 34.0 Å². The van der Waals surface area contributed by atoms with E-state index in [1.807, 2.05) is 31.2 Å². The maximum absolute atomic E-state index is 13.8. The van der Waals surface area contributed by atoms with Gasteiger partial charge in [-0.3, -0.25) is 4.79 Å². The third kappa shape index (κ3) is 2.48. The third-order valence-corrected chi connectivity index (χ3v) is 3.97. The maximum Gasteiger partial charge on any atom is 0.268 e. The highest BCUT2D eigenvalue weighted by Crippen LogP contribution is 2.21. The molecule has 0 spiro atoms. The number of benzene rings is 2. The first-order chi connectivity index (χ1) is 10.6. The highest BCUT2D eigenvalue weighted by Gasteiger charge is 2.15. The molecule has 0 aliphatic heterocycles. The molecule has 3 rings (SSSR count). The number of aromatic nitrogens is 1. The smallest absolute Gasteiger partial charge is 0.268 e. The van der Waals surface area contributed by atoms with Gasteiger partial charge in [-0.05, 0) is 36.2 Å². The predicted octanol–water partition coefficient (Wildman–Crippen LogP) is 3.56. The van der Waals surface area contributed by atoms with Crippen molar-refractivity contribution in [2.75, 3.05) is 0 Å². The zero-order valence-corrected chi connectivity index (χ0v) is 12.6. The van der Waals surface area contributed by atoms with Crippen molar-refractivity contribution >= 4 is 16.8 Å². The van der Waals surface area contributed by atoms with Crippen LogP contribution in [0.5, 0.6) is 0 Å². The fraction of sp³-hybridized carbons (Fsp3) is 0.167. The first-order valence-corrected chi connectivity index (χ1v) is 7.14. The number of carbonyl (C=O) groups is 1. The normalized spacial score (nSPS) is 10.9. The summed E-state index contributed by atoms with van der Waals surface area (Å²) in [6.07, 6.45) is 0. The molecule has 3 nitrogen and oxygen atoms in total. The molecule has 0 fully saturated rings. The van der Waals surface area contributed by atoms with Gasteiger partial charge in [0.1, 0.15) is 11.5 Å². The fourth-order valence-electron chi connectivity index (χ4n) is 2.62. The molecule has 0 saturated carbocycles. The van der Waals surface area contributed by atoms with Gasteiger partial charge in [-0.15, -0.1) is 0 Å². The number of aryl methyl sites for hydroxylation is 2. The van der Waals surface area contributed by atoms with Gasteiger partial charge in [-0.1, -0.05) is 30.3 Å². The van der Waals surface area contributed by atoms with Crippen LogP contribution in [0.25, 0.3) is 10.9 Å². The minimum Gasteiger partial charge on any atom is -0.347 e. The van der Waals surface area contributed by atoms with Crippen LogP contribution in [0.15, 0.2) is 48.5 Å². The van der Waals surface area contributed by atoms with E-state index in [4.69, 9.17) is 0 Å². The van der Waals surface area contributed by atoms with Gasteiger partial charge in [-0.25, -0.2) is 4.39 Å². The van der Waals surface area contributed by atoms with Crippen molar-refractivity contribution < 1.29 is 9.18 Å². The number of nitrogens with zero attached hydrogens (tertiary/aromatic N) is 1. The molecule has 1 aromatic heterocycles. The number of rotatable bonds is 3. The average Bonchev–Trinajstić information content (AvgIpc) is 2.85. The van der Waals surface area contributed by atoms with Crippen LogP contribution >= 0.6 is 0 Å². The van der Waals surface area contributed by atoms with Gasteiger partial charge >= 0.3 is 0 Å². The van der Waals surface area contributed by atoms with Crippen LogP contribution in [0.4, 0.5) is 4.39 Å². The highest BCUT2D eigenvalue weighted by atomic mass is 19.1. The molecule has 0 radical (unpaired) electrons. The number of carbonyl (C=O) groups excluding carboxylic acids is 1. The molecule has 1 heterocycles. The Hall–Kier alpha value is -2.62. The van der Waals surface area contributed by atoms with Crippen LogP contribution in [-0.4, -0.2) is 10.5 Å². The van der Waals surface area contributed by atoms with Gasteiger partial charge in [-0.2, -0.15) is 0 Å². The Morgan fingerprint density at radius 2 is 1.95 bits per heavy atom. The van der Waals surface area contributed by atoms with Crippen LogP contribution in [-0.2, 0) is 13.6 Å². The predicted molar refractivity (Wildman–Crippen MR) is 85.2 cm³/mol. The molecule has 0 atom stereocenters. The summed E-state index contributed by atoms with van der Waals surface area (Å²) >= 11 is 0. The zero-order chi connectivity index (χ0) is 15.7. The first-order valence-electron chi connectivity index (χ1n) is 7.14. The summed E-state index contributed by atoms with van der Waals surface area (Å²) in [5, 5.41) is 3.36. The van der Waals surface area contributed by atoms with E-state index in [2.05, 4.69) is 5.32 Å². The molecule has 0 bridgehead atoms. The monoisotopic (exact) mass is 296 g/mol. The lowest BCUT2D eigenvalue weighted by Crippen LogP contribution is -2.25. The van der Waals surface area contributed by atoms with Gasteiger partial charge in [0, 0.05) is 19.0 Å². The Labute approximate surface area is 128 Å². The summed E-state index contributed by atoms with van der Waals surface area (Å²) in [6, 6.07) is 14.3. The molecule has 1 amide bonds. The zero-order valence-electron chi connectivity index (χ0n) is 12.6. The molecule has 0 aliphatic carbocycles. The van der Waals surface area contributed by atoms with E-state index in [1.54, 1.807) is 29.8 Å². The van der Waals surface area contributed by atoms with Crippen molar-refractivity contribution in [3.63, 3.8) is 0 Å². The van der Waals surface area contributed by atoms with Gasteiger partial charge in [0.25, 0.3) is 5.91 Å². The van der Waals surface area contributed by atoms with Crippen LogP contribution in [0.1, 0.15) is 21.6 Å². The lowest BCUT2D eigenvalue weighted by molar-refractivity contribution is 0.0943. The number of hydrogen-bond acceptors (Lipinski definition) is 1. The lowest BCUT2D eigenvalue weighted by atomic mass is 10.1. The Bertz CT molecular complexity index is 851. The Morgan fingerprint density at radius 1 is 1.18 bits per heavy atom. The number of halogens is 1. The third-order valence-electron chi connectivity index (χ3n) is 3.97. The van der Waals surface area contributed by atoms with E-state index in [9.17, 15) is 9.18 Å². The average molecular weight is 296 g/mol. The first kappa shape index (κ1) is 14.3. The van der Waals surface area contributed by atoms with Crippen molar-refractivity contribution in [3.05, 3.63) is 71.2 Å². The highest BCUT2D eigenvalue weighted by molar-refractivity contribution is 5.98. The van der Waals surface area contributed by atoms with Crippen molar-refractivity contribution in [1.29, 1.82) is 0 Å². The standard InChI is InChI=1S/C18H17FN2O/c1-12-6-3-4-7-13(12)11-20-18(22)17-10-14-15(19)8-5-9-16(14)21(17)2/h3-10H,11H2,1-2H3,(H,20,22). The second-order valence-electron chi connectivity index (χ2n) is 5.37. The van der Waals surface area contributed by atoms with Gasteiger partial charge in [0.2, 0.25) is 0 Å². The molecular formula is C18H17FN2O. The van der Waals surface area contributed by atoms with Crippen LogP contribution in [0.3, 0.4) is 0 Å². The van der Waals surface area contributed by atoms with Crippen molar-refractivity contribution in [2.45, 2.75) is 13.5 Å². The molecule has 0 unspecified atom stereocenters. The molecular weight excluding hydrogens is 279 g/mol. The van der Waals surface area contributed by atoms with Crippen LogP contribution in [0, 0.1) is 12.7 Å². The van der Waals surface area contributed by atoms with E-state index in [1.165, 1.54) is 6.07 Å². The Morgan fingerprint density at radius 3 is 2.68 bits per heavy atom. The second kappa shape index (κ2) is 5.64. The molecule has 1 N–H and O–H groups in total. The summed E-state index contributed by atoms with van der Waals surface area (Å²) in [4.78, 5) is 12.4. The van der Waals surface area contributed by atoms with E-state index >= 15 is 0 Å². The molecule has 112 valence electrons. The summed E-state index contributed by atoms with van der Waals surface area (Å²) in [7, 11) is 1.77. The number of nitrogens with one attached hydrogen (secondary N) is 1. The number of fused-ring (bicyclic) bond motifs is 1. The molecule has 2 aromatic carbocycles. The quantitative estimate of drug-likeness (QED) is 0.788. The van der Waals surface area contributed by atoms with Gasteiger partial charge in [0.05, 0.1) is 5.52 Å². The largest absolute Gasteiger partial charge is 0.347 e. The Kier molecular flexibility index (Phi) is 3.67. The van der Waals surface area contributed by atoms with Crippen LogP contribution < -0.4 is 5.32 Å². The van der Waals surface area contributed by atoms with E-state index in [0.29, 0.717) is 23.1 Å².